The minimum Gasteiger partial charge on any atom is -0.465 e. The Labute approximate surface area is 230 Å². The number of esters is 1. The molecule has 0 aliphatic carbocycles. The number of carbonyl (C=O) groups excluding carboxylic acids is 3. The zero-order chi connectivity index (χ0) is 27.2. The average Bonchev–Trinajstić information content (AvgIpc) is 3.33. The maximum absolute atomic E-state index is 14.3. The number of hydrogen-bond acceptors (Lipinski definition) is 8. The molecule has 3 fully saturated rings. The Balaban J connectivity index is 1.43. The van der Waals surface area contributed by atoms with E-state index in [2.05, 4.69) is 4.90 Å². The molecule has 5 aliphatic heterocycles. The monoisotopic (exact) mass is 545 g/mol. The molecular weight excluding hydrogens is 502 g/mol. The molecule has 39 heavy (non-hydrogen) atoms. The molecule has 216 valence electrons. The van der Waals surface area contributed by atoms with E-state index in [1.165, 1.54) is 0 Å². The standard InChI is InChI=1S/C29H43N3O7/c33-18-7-3-2-6-13-32-25-27(35)31(15-14-30-16-20-37-21-17-30)12-9-11-29(25)24(26(32)34)23-22(39-29)10-5-1-4-8-19-38-28(23)36/h5,9-11,22-25,33H,1-4,6-8,12-21H2/b10-5-/t22-,23+,24-,25?,29-/m0/s1. The van der Waals surface area contributed by atoms with Gasteiger partial charge >= 0.3 is 5.97 Å². The molecule has 1 spiro atoms. The van der Waals surface area contributed by atoms with Crippen molar-refractivity contribution >= 4 is 17.8 Å². The van der Waals surface area contributed by atoms with Crippen LogP contribution in [0.15, 0.2) is 24.3 Å². The summed E-state index contributed by atoms with van der Waals surface area (Å²) < 4.78 is 17.8. The Morgan fingerprint density at radius 1 is 0.923 bits per heavy atom. The van der Waals surface area contributed by atoms with Gasteiger partial charge in [0.25, 0.3) is 0 Å². The topological polar surface area (TPSA) is 109 Å². The Hall–Kier alpha value is -2.27. The number of likely N-dealkylation sites (tertiary alicyclic amines) is 1. The SMILES string of the molecule is O=C1OCCCC/C=C\[C@@H]2O[C@]34C=CCN(CCN5CCOCC5)C(=O)C3N(CCCCCCO)C(=O)[C@@H]4[C@H]12. The summed E-state index contributed by atoms with van der Waals surface area (Å²) in [5.74, 6) is -2.34. The van der Waals surface area contributed by atoms with Gasteiger partial charge in [-0.3, -0.25) is 19.3 Å². The van der Waals surface area contributed by atoms with E-state index in [0.717, 1.165) is 51.7 Å². The van der Waals surface area contributed by atoms with Gasteiger partial charge in [-0.2, -0.15) is 0 Å². The van der Waals surface area contributed by atoms with Gasteiger partial charge in [-0.05, 0) is 32.1 Å². The first-order valence-electron chi connectivity index (χ1n) is 14.8. The minimum absolute atomic E-state index is 0.125. The Kier molecular flexibility index (Phi) is 9.37. The molecule has 0 radical (unpaired) electrons. The smallest absolute Gasteiger partial charge is 0.312 e. The van der Waals surface area contributed by atoms with Crippen molar-refractivity contribution < 1.29 is 33.7 Å². The van der Waals surface area contributed by atoms with E-state index in [9.17, 15) is 14.4 Å². The van der Waals surface area contributed by atoms with Crippen LogP contribution in [0, 0.1) is 11.8 Å². The predicted molar refractivity (Wildman–Crippen MR) is 143 cm³/mol. The molecule has 10 heteroatoms. The van der Waals surface area contributed by atoms with Crippen molar-refractivity contribution in [3.05, 3.63) is 24.3 Å². The number of unbranched alkanes of at least 4 members (excludes halogenated alkanes) is 3. The van der Waals surface area contributed by atoms with Gasteiger partial charge in [-0.25, -0.2) is 0 Å². The second kappa shape index (κ2) is 12.9. The van der Waals surface area contributed by atoms with Gasteiger partial charge in [0, 0.05) is 45.9 Å². The first kappa shape index (κ1) is 28.3. The molecule has 5 aliphatic rings. The molecule has 5 heterocycles. The Morgan fingerprint density at radius 2 is 1.74 bits per heavy atom. The third-order valence-electron chi connectivity index (χ3n) is 8.78. The second-order valence-electron chi connectivity index (χ2n) is 11.2. The average molecular weight is 546 g/mol. The van der Waals surface area contributed by atoms with E-state index in [1.807, 2.05) is 29.2 Å². The second-order valence-corrected chi connectivity index (χ2v) is 11.2. The maximum atomic E-state index is 14.3. The highest BCUT2D eigenvalue weighted by Gasteiger charge is 2.71. The van der Waals surface area contributed by atoms with Gasteiger partial charge in [-0.1, -0.05) is 37.1 Å². The number of carbonyl (C=O) groups is 3. The molecule has 5 rings (SSSR count). The fourth-order valence-corrected chi connectivity index (χ4v) is 6.74. The Bertz CT molecular complexity index is 949. The molecule has 5 atom stereocenters. The van der Waals surface area contributed by atoms with Crippen LogP contribution in [-0.4, -0.2) is 121 Å². The summed E-state index contributed by atoms with van der Waals surface area (Å²) >= 11 is 0. The number of nitrogens with zero attached hydrogens (tertiary/aromatic N) is 3. The van der Waals surface area contributed by atoms with Crippen LogP contribution in [0.3, 0.4) is 0 Å². The fraction of sp³-hybridized carbons (Fsp3) is 0.759. The van der Waals surface area contributed by atoms with Crippen molar-refractivity contribution in [3.63, 3.8) is 0 Å². The van der Waals surface area contributed by atoms with E-state index < -0.39 is 35.6 Å². The van der Waals surface area contributed by atoms with E-state index in [4.69, 9.17) is 19.3 Å². The lowest BCUT2D eigenvalue weighted by molar-refractivity contribution is -0.155. The number of cyclic esters (lactones) is 1. The van der Waals surface area contributed by atoms with Crippen molar-refractivity contribution in [2.45, 2.75) is 62.7 Å². The zero-order valence-electron chi connectivity index (χ0n) is 22.9. The molecule has 2 amide bonds. The van der Waals surface area contributed by atoms with Gasteiger partial charge in [-0.15, -0.1) is 0 Å². The molecule has 1 unspecified atom stereocenters. The highest BCUT2D eigenvalue weighted by atomic mass is 16.6. The summed E-state index contributed by atoms with van der Waals surface area (Å²) in [4.78, 5) is 47.6. The number of fused-ring (bicyclic) bond motifs is 2. The van der Waals surface area contributed by atoms with Crippen molar-refractivity contribution in [3.8, 4) is 0 Å². The van der Waals surface area contributed by atoms with Gasteiger partial charge in [0.2, 0.25) is 11.8 Å². The number of aliphatic hydroxyl groups excluding tert-OH is 1. The number of morpholine rings is 1. The van der Waals surface area contributed by atoms with Crippen LogP contribution >= 0.6 is 0 Å². The summed E-state index contributed by atoms with van der Waals surface area (Å²) in [6, 6.07) is -0.824. The van der Waals surface area contributed by atoms with E-state index >= 15 is 0 Å². The molecular formula is C29H43N3O7. The van der Waals surface area contributed by atoms with Crippen molar-refractivity contribution in [2.24, 2.45) is 11.8 Å². The molecule has 3 saturated heterocycles. The normalized spacial score (nSPS) is 34.3. The number of hydrogen-bond donors (Lipinski definition) is 1. The molecule has 0 saturated carbocycles. The molecule has 10 nitrogen and oxygen atoms in total. The highest BCUT2D eigenvalue weighted by Crippen LogP contribution is 2.53. The molecule has 0 aromatic rings. The van der Waals surface area contributed by atoms with Crippen molar-refractivity contribution in [1.29, 1.82) is 0 Å². The fourth-order valence-electron chi connectivity index (χ4n) is 6.74. The van der Waals surface area contributed by atoms with Crippen LogP contribution in [0.4, 0.5) is 0 Å². The van der Waals surface area contributed by atoms with Crippen LogP contribution in [-0.2, 0) is 28.6 Å². The van der Waals surface area contributed by atoms with E-state index in [0.29, 0.717) is 52.3 Å². The number of rotatable bonds is 9. The van der Waals surface area contributed by atoms with Crippen LogP contribution < -0.4 is 0 Å². The van der Waals surface area contributed by atoms with Crippen molar-refractivity contribution in [2.75, 3.05) is 65.7 Å². The summed E-state index contributed by atoms with van der Waals surface area (Å²) in [6.45, 7) is 5.67. The summed E-state index contributed by atoms with van der Waals surface area (Å²) in [5, 5.41) is 9.14. The summed E-state index contributed by atoms with van der Waals surface area (Å²) in [6.07, 6.45) is 12.8. The number of allylic oxidation sites excluding steroid dienone is 1. The number of aliphatic hydroxyl groups is 1. The highest BCUT2D eigenvalue weighted by molar-refractivity contribution is 5.99. The number of ether oxygens (including phenoxy) is 3. The third kappa shape index (κ3) is 5.80. The van der Waals surface area contributed by atoms with Gasteiger partial charge < -0.3 is 29.1 Å². The number of amides is 2. The van der Waals surface area contributed by atoms with Crippen LogP contribution in [0.1, 0.15) is 44.9 Å². The maximum Gasteiger partial charge on any atom is 0.312 e. The van der Waals surface area contributed by atoms with Gasteiger partial charge in [0.15, 0.2) is 0 Å². The molecule has 0 aromatic heterocycles. The third-order valence-corrected chi connectivity index (χ3v) is 8.78. The lowest BCUT2D eigenvalue weighted by Crippen LogP contribution is -2.56. The van der Waals surface area contributed by atoms with Gasteiger partial charge in [0.1, 0.15) is 17.6 Å². The van der Waals surface area contributed by atoms with Crippen LogP contribution in [0.5, 0.6) is 0 Å². The molecule has 0 aromatic carbocycles. The van der Waals surface area contributed by atoms with Crippen LogP contribution in [0.2, 0.25) is 0 Å². The quantitative estimate of drug-likeness (QED) is 0.261. The first-order chi connectivity index (χ1) is 19.1. The lowest BCUT2D eigenvalue weighted by atomic mass is 9.78. The minimum atomic E-state index is -1.21. The Morgan fingerprint density at radius 3 is 2.56 bits per heavy atom. The first-order valence-corrected chi connectivity index (χ1v) is 14.8. The summed E-state index contributed by atoms with van der Waals surface area (Å²) in [7, 11) is 0. The largest absolute Gasteiger partial charge is 0.465 e. The lowest BCUT2D eigenvalue weighted by Gasteiger charge is -2.36. The van der Waals surface area contributed by atoms with Crippen LogP contribution in [0.25, 0.3) is 0 Å². The van der Waals surface area contributed by atoms with E-state index in [1.54, 1.807) is 4.90 Å². The molecule has 1 N–H and O–H groups in total. The predicted octanol–water partition coefficient (Wildman–Crippen LogP) is 1.13. The molecule has 0 bridgehead atoms. The zero-order valence-corrected chi connectivity index (χ0v) is 22.9. The van der Waals surface area contributed by atoms with Crippen molar-refractivity contribution in [1.82, 2.24) is 14.7 Å². The van der Waals surface area contributed by atoms with E-state index in [-0.39, 0.29) is 18.4 Å². The van der Waals surface area contributed by atoms with Gasteiger partial charge in [0.05, 0.1) is 31.8 Å². The summed E-state index contributed by atoms with van der Waals surface area (Å²) in [5.41, 5.74) is -1.21.